The maximum atomic E-state index is 14.5. The summed E-state index contributed by atoms with van der Waals surface area (Å²) in [6.45, 7) is 0.813. The summed E-state index contributed by atoms with van der Waals surface area (Å²) in [6.07, 6.45) is 5.92. The molecule has 3 rings (SSSR count). The number of sulfonamides is 1. The van der Waals surface area contributed by atoms with E-state index in [1.165, 1.54) is 36.3 Å². The Morgan fingerprint density at radius 1 is 1.08 bits per heavy atom. The molecule has 1 aliphatic rings. The molecule has 0 unspecified atom stereocenters. The maximum Gasteiger partial charge on any atom is 0.244 e. The monoisotopic (exact) mass is 519 g/mol. The molecule has 1 N–H and O–H groups in total. The van der Waals surface area contributed by atoms with Gasteiger partial charge in [-0.05, 0) is 38.0 Å². The Morgan fingerprint density at radius 3 is 2.36 bits per heavy atom. The number of ether oxygens (including phenoxy) is 1. The van der Waals surface area contributed by atoms with Gasteiger partial charge in [0.1, 0.15) is 24.2 Å². The van der Waals surface area contributed by atoms with Crippen LogP contribution in [0.5, 0.6) is 5.75 Å². The van der Waals surface area contributed by atoms with Crippen LogP contribution < -0.4 is 14.4 Å². The summed E-state index contributed by atoms with van der Waals surface area (Å²) in [5.41, 5.74) is 0.423. The van der Waals surface area contributed by atoms with Crippen LogP contribution in [0.1, 0.15) is 44.6 Å². The average molecular weight is 520 g/mol. The fraction of sp³-hybridized carbons (Fsp3) is 0.462. The molecule has 1 aliphatic carbocycles. The van der Waals surface area contributed by atoms with Gasteiger partial charge in [-0.25, -0.2) is 12.8 Å². The van der Waals surface area contributed by atoms with E-state index in [4.69, 9.17) is 4.74 Å². The van der Waals surface area contributed by atoms with E-state index in [2.05, 4.69) is 5.32 Å². The Kier molecular flexibility index (Phi) is 9.31. The number of hydrogen-bond donors (Lipinski definition) is 1. The predicted octanol–water partition coefficient (Wildman–Crippen LogP) is 3.47. The topological polar surface area (TPSA) is 96.0 Å². The normalized spacial score (nSPS) is 15.1. The molecule has 0 radical (unpaired) electrons. The Hall–Kier alpha value is -3.14. The number of nitrogens with zero attached hydrogens (tertiary/aromatic N) is 2. The SMILES string of the molecule is COc1ccccc1N(CC(=O)N(Cc1ccccc1F)[C@H](C)C(=O)NC1CCCCC1)S(C)(=O)=O. The van der Waals surface area contributed by atoms with Gasteiger partial charge in [-0.1, -0.05) is 49.6 Å². The van der Waals surface area contributed by atoms with Crippen molar-refractivity contribution in [3.63, 3.8) is 0 Å². The van der Waals surface area contributed by atoms with Crippen LogP contribution in [0.2, 0.25) is 0 Å². The van der Waals surface area contributed by atoms with Crippen molar-refractivity contribution in [1.82, 2.24) is 10.2 Å². The smallest absolute Gasteiger partial charge is 0.244 e. The van der Waals surface area contributed by atoms with Crippen LogP contribution in [-0.4, -0.2) is 57.1 Å². The molecule has 8 nitrogen and oxygen atoms in total. The largest absolute Gasteiger partial charge is 0.495 e. The van der Waals surface area contributed by atoms with E-state index in [0.29, 0.717) is 0 Å². The maximum absolute atomic E-state index is 14.5. The Morgan fingerprint density at radius 2 is 1.72 bits per heavy atom. The molecular formula is C26H34FN3O5S. The summed E-state index contributed by atoms with van der Waals surface area (Å²) in [5.74, 6) is -1.23. The zero-order valence-electron chi connectivity index (χ0n) is 20.9. The van der Waals surface area contributed by atoms with E-state index in [0.717, 1.165) is 42.7 Å². The zero-order valence-corrected chi connectivity index (χ0v) is 21.8. The molecule has 0 aromatic heterocycles. The number of benzene rings is 2. The van der Waals surface area contributed by atoms with E-state index in [1.54, 1.807) is 31.2 Å². The molecule has 2 aromatic carbocycles. The van der Waals surface area contributed by atoms with Crippen molar-refractivity contribution in [1.29, 1.82) is 0 Å². The third-order valence-electron chi connectivity index (χ3n) is 6.45. The van der Waals surface area contributed by atoms with Gasteiger partial charge in [-0.15, -0.1) is 0 Å². The first kappa shape index (κ1) is 27.4. The second kappa shape index (κ2) is 12.2. The van der Waals surface area contributed by atoms with Crippen molar-refractivity contribution in [3.05, 3.63) is 59.9 Å². The number of carbonyl (C=O) groups is 2. The number of hydrogen-bond acceptors (Lipinski definition) is 5. The highest BCUT2D eigenvalue weighted by molar-refractivity contribution is 7.92. The number of halogens is 1. The first-order chi connectivity index (χ1) is 17.1. The molecule has 2 aromatic rings. The van der Waals surface area contributed by atoms with E-state index in [-0.39, 0.29) is 35.5 Å². The standard InChI is InChI=1S/C26H34FN3O5S/c1-19(26(32)28-21-12-5-4-6-13-21)29(17-20-11-7-8-14-22(20)27)25(31)18-30(36(3,33)34)23-15-9-10-16-24(23)35-2/h7-11,14-16,19,21H,4-6,12-13,17-18H2,1-3H3,(H,28,32)/t19-/m1/s1. The summed E-state index contributed by atoms with van der Waals surface area (Å²) in [5, 5.41) is 3.01. The zero-order chi connectivity index (χ0) is 26.3. The summed E-state index contributed by atoms with van der Waals surface area (Å²) < 4.78 is 46.1. The second-order valence-corrected chi connectivity index (χ2v) is 11.0. The lowest BCUT2D eigenvalue weighted by atomic mass is 9.95. The molecule has 0 saturated heterocycles. The number of anilines is 1. The van der Waals surface area contributed by atoms with Gasteiger partial charge in [0.25, 0.3) is 0 Å². The molecule has 0 heterocycles. The molecule has 10 heteroatoms. The third kappa shape index (κ3) is 6.96. The van der Waals surface area contributed by atoms with Crippen LogP contribution in [0.3, 0.4) is 0 Å². The van der Waals surface area contributed by atoms with Gasteiger partial charge in [0.15, 0.2) is 0 Å². The molecule has 2 amide bonds. The molecule has 36 heavy (non-hydrogen) atoms. The summed E-state index contributed by atoms with van der Waals surface area (Å²) in [7, 11) is -2.49. The number of amides is 2. The Balaban J connectivity index is 1.90. The molecule has 196 valence electrons. The highest BCUT2D eigenvalue weighted by Gasteiger charge is 2.32. The molecule has 0 spiro atoms. The van der Waals surface area contributed by atoms with E-state index >= 15 is 0 Å². The Bertz CT molecular complexity index is 1170. The van der Waals surface area contributed by atoms with Crippen molar-refractivity contribution in [3.8, 4) is 5.75 Å². The van der Waals surface area contributed by atoms with Crippen molar-refractivity contribution >= 4 is 27.5 Å². The van der Waals surface area contributed by atoms with Gasteiger partial charge >= 0.3 is 0 Å². The summed E-state index contributed by atoms with van der Waals surface area (Å²) in [6, 6.07) is 11.5. The first-order valence-corrected chi connectivity index (χ1v) is 13.9. The van der Waals surface area contributed by atoms with Crippen LogP contribution in [0.15, 0.2) is 48.5 Å². The number of carbonyl (C=O) groups excluding carboxylic acids is 2. The van der Waals surface area contributed by atoms with Crippen molar-refractivity contribution in [2.45, 2.75) is 57.7 Å². The van der Waals surface area contributed by atoms with Crippen LogP contribution in [0.25, 0.3) is 0 Å². The highest BCUT2D eigenvalue weighted by Crippen LogP contribution is 2.29. The molecule has 0 bridgehead atoms. The van der Waals surface area contributed by atoms with Crippen LogP contribution in [0.4, 0.5) is 10.1 Å². The minimum Gasteiger partial charge on any atom is -0.495 e. The van der Waals surface area contributed by atoms with Gasteiger partial charge in [0, 0.05) is 18.2 Å². The predicted molar refractivity (Wildman–Crippen MR) is 137 cm³/mol. The number of methoxy groups -OCH3 is 1. The molecule has 1 atom stereocenters. The van der Waals surface area contributed by atoms with Gasteiger partial charge in [0.2, 0.25) is 21.8 Å². The van der Waals surface area contributed by atoms with Gasteiger partial charge in [-0.2, -0.15) is 0 Å². The van der Waals surface area contributed by atoms with Crippen molar-refractivity contribution in [2.75, 3.05) is 24.2 Å². The number of nitrogens with one attached hydrogen (secondary N) is 1. The van der Waals surface area contributed by atoms with Crippen LogP contribution in [0, 0.1) is 5.82 Å². The summed E-state index contributed by atoms with van der Waals surface area (Å²) in [4.78, 5) is 28.0. The quantitative estimate of drug-likeness (QED) is 0.519. The van der Waals surface area contributed by atoms with E-state index in [1.807, 2.05) is 0 Å². The lowest BCUT2D eigenvalue weighted by Gasteiger charge is -2.33. The van der Waals surface area contributed by atoms with Gasteiger partial charge in [-0.3, -0.25) is 13.9 Å². The number of para-hydroxylation sites is 2. The Labute approximate surface area is 212 Å². The van der Waals surface area contributed by atoms with E-state index < -0.39 is 34.3 Å². The molecule has 0 aliphatic heterocycles. The third-order valence-corrected chi connectivity index (χ3v) is 7.58. The summed E-state index contributed by atoms with van der Waals surface area (Å²) >= 11 is 0. The molecule has 1 fully saturated rings. The van der Waals surface area contributed by atoms with Gasteiger partial charge < -0.3 is 15.0 Å². The minimum absolute atomic E-state index is 0.0280. The minimum atomic E-state index is -3.90. The fourth-order valence-corrected chi connectivity index (χ4v) is 5.25. The second-order valence-electron chi connectivity index (χ2n) is 9.07. The molecule has 1 saturated carbocycles. The van der Waals surface area contributed by atoms with E-state index in [9.17, 15) is 22.4 Å². The van der Waals surface area contributed by atoms with Gasteiger partial charge in [0.05, 0.1) is 19.1 Å². The number of rotatable bonds is 10. The highest BCUT2D eigenvalue weighted by atomic mass is 32.2. The van der Waals surface area contributed by atoms with Crippen LogP contribution in [-0.2, 0) is 26.2 Å². The van der Waals surface area contributed by atoms with Crippen LogP contribution >= 0.6 is 0 Å². The fourth-order valence-electron chi connectivity index (χ4n) is 4.39. The van der Waals surface area contributed by atoms with Crippen molar-refractivity contribution < 1.29 is 27.1 Å². The first-order valence-electron chi connectivity index (χ1n) is 12.1. The molecular weight excluding hydrogens is 485 g/mol. The van der Waals surface area contributed by atoms with Crippen molar-refractivity contribution in [2.24, 2.45) is 0 Å². The average Bonchev–Trinajstić information content (AvgIpc) is 2.86. The lowest BCUT2D eigenvalue weighted by molar-refractivity contribution is -0.139. The lowest BCUT2D eigenvalue weighted by Crippen LogP contribution is -2.53.